The van der Waals surface area contributed by atoms with Crippen LogP contribution >= 0.6 is 0 Å². The zero-order valence-corrected chi connectivity index (χ0v) is 45.8. The fraction of sp³-hybridized carbons (Fsp3) is 0.262. The fourth-order valence-electron chi connectivity index (χ4n) is 9.60. The van der Waals surface area contributed by atoms with E-state index in [1.807, 2.05) is 30.5 Å². The number of fused-ring (bicyclic) bond motifs is 2. The van der Waals surface area contributed by atoms with Crippen LogP contribution in [0.2, 0.25) is 0 Å². The van der Waals surface area contributed by atoms with Gasteiger partial charge < -0.3 is 13.9 Å². The molecule has 0 aliphatic rings. The molecule has 0 fully saturated rings. The second-order valence-corrected chi connectivity index (χ2v) is 23.5. The first-order valence-corrected chi connectivity index (χ1v) is 24.8. The van der Waals surface area contributed by atoms with Gasteiger partial charge in [0.25, 0.3) is 0 Å². The summed E-state index contributed by atoms with van der Waals surface area (Å²) in [6.45, 7) is 26.5. The molecule has 72 heavy (non-hydrogen) atoms. The van der Waals surface area contributed by atoms with Crippen LogP contribution in [0.4, 0.5) is 0 Å². The Balaban J connectivity index is 0.00000640. The molecule has 0 spiro atoms. The number of phenols is 1. The molecule has 0 radical (unpaired) electrons. The summed E-state index contributed by atoms with van der Waals surface area (Å²) in [5.41, 5.74) is 15.9. The van der Waals surface area contributed by atoms with Crippen molar-refractivity contribution in [3.63, 3.8) is 0 Å². The standard InChI is InChI=1S/C65H64N3O3.Pt/c1-62(2,3)39-48-37-57-58(70-48)38-56(71-57)43-26-27-54(50(33-43)41-22-17-14-18-23-41)68-55-25-19-24-49(59(55)67-61(68)51-35-47(64(7,8)9)36-52(60(51)69)65(10,11)12)44-30-45(32-46(31-44)63(4,5)6)53-34-42(28-29-66-53)40-20-15-13-16-21-40;/h13-29,31-38,69H,39H2,1-12H3;/q-1;. The van der Waals surface area contributed by atoms with E-state index in [1.54, 1.807) is 0 Å². The van der Waals surface area contributed by atoms with Crippen LogP contribution in [0, 0.1) is 11.5 Å². The van der Waals surface area contributed by atoms with Crippen LogP contribution in [-0.4, -0.2) is 19.6 Å². The molecule has 4 heterocycles. The van der Waals surface area contributed by atoms with Crippen molar-refractivity contribution in [3.05, 3.63) is 180 Å². The second kappa shape index (κ2) is 18.7. The van der Waals surface area contributed by atoms with Gasteiger partial charge in [-0.15, -0.1) is 29.3 Å². The van der Waals surface area contributed by atoms with Gasteiger partial charge in [0, 0.05) is 68.2 Å². The number of imidazole rings is 1. The summed E-state index contributed by atoms with van der Waals surface area (Å²) in [6.07, 6.45) is 2.70. The number of pyridine rings is 1. The minimum Gasteiger partial charge on any atom is -0.507 e. The zero-order valence-electron chi connectivity index (χ0n) is 43.6. The van der Waals surface area contributed by atoms with E-state index in [0.717, 1.165) is 113 Å². The minimum absolute atomic E-state index is 0. The first kappa shape index (κ1) is 50.2. The first-order valence-electron chi connectivity index (χ1n) is 24.8. The van der Waals surface area contributed by atoms with Gasteiger partial charge in [-0.25, -0.2) is 4.98 Å². The maximum atomic E-state index is 12.7. The maximum Gasteiger partial charge on any atom is 0.173 e. The molecule has 0 saturated heterocycles. The van der Waals surface area contributed by atoms with Crippen LogP contribution in [0.15, 0.2) is 161 Å². The number of rotatable bonds is 8. The van der Waals surface area contributed by atoms with Gasteiger partial charge in [0.15, 0.2) is 11.2 Å². The monoisotopic (exact) mass is 1130 g/mol. The van der Waals surface area contributed by atoms with Gasteiger partial charge in [0.2, 0.25) is 0 Å². The van der Waals surface area contributed by atoms with Gasteiger partial charge >= 0.3 is 0 Å². The number of hydrogen-bond donors (Lipinski definition) is 1. The van der Waals surface area contributed by atoms with Crippen molar-refractivity contribution in [1.82, 2.24) is 14.5 Å². The van der Waals surface area contributed by atoms with Gasteiger partial charge in [-0.05, 0) is 80.3 Å². The molecule has 0 bridgehead atoms. The van der Waals surface area contributed by atoms with Crippen LogP contribution in [0.3, 0.4) is 0 Å². The van der Waals surface area contributed by atoms with Gasteiger partial charge in [-0.2, -0.15) is 0 Å². The molecule has 10 aromatic rings. The molecule has 10 rings (SSSR count). The van der Waals surface area contributed by atoms with Crippen molar-refractivity contribution < 1.29 is 35.0 Å². The number of para-hydroxylation sites is 1. The Labute approximate surface area is 439 Å². The number of benzene rings is 6. The Morgan fingerprint density at radius 3 is 1.85 bits per heavy atom. The third-order valence-electron chi connectivity index (χ3n) is 13.4. The smallest absolute Gasteiger partial charge is 0.173 e. The molecular weight excluding hydrogens is 1070 g/mol. The predicted molar refractivity (Wildman–Crippen MR) is 293 cm³/mol. The average Bonchev–Trinajstić information content (AvgIpc) is 4.02. The van der Waals surface area contributed by atoms with Gasteiger partial charge in [0.1, 0.15) is 23.1 Å². The Bertz CT molecular complexity index is 3570. The van der Waals surface area contributed by atoms with E-state index < -0.39 is 0 Å². The van der Waals surface area contributed by atoms with Crippen LogP contribution in [0.25, 0.3) is 95.2 Å². The molecule has 7 heteroatoms. The molecule has 0 unspecified atom stereocenters. The van der Waals surface area contributed by atoms with Gasteiger partial charge in [-0.1, -0.05) is 179 Å². The van der Waals surface area contributed by atoms with Gasteiger partial charge in [0.05, 0.1) is 22.3 Å². The van der Waals surface area contributed by atoms with Crippen LogP contribution in [0.1, 0.15) is 106 Å². The van der Waals surface area contributed by atoms with E-state index in [9.17, 15) is 5.11 Å². The summed E-state index contributed by atoms with van der Waals surface area (Å²) in [4.78, 5) is 10.6. The minimum atomic E-state index is -0.362. The van der Waals surface area contributed by atoms with E-state index in [4.69, 9.17) is 18.8 Å². The molecule has 4 aromatic heterocycles. The SMILES string of the molecule is CC(C)(C)Cc1cc2oc(-c3ccc(-n4c(-c5cc(C(C)(C)C)cc(C(C)(C)C)c5O)nc5c(-c6[c-]c(-c7cc(-c8ccccc8)ccn7)cc(C(C)(C)C)c6)cccc54)c(-c4ccccc4)c3)cc2o1.[Pt]. The summed E-state index contributed by atoms with van der Waals surface area (Å²) in [5.74, 6) is 2.50. The van der Waals surface area contributed by atoms with Gasteiger partial charge in [-0.3, -0.25) is 9.55 Å². The van der Waals surface area contributed by atoms with Crippen molar-refractivity contribution in [3.8, 4) is 78.8 Å². The third-order valence-corrected chi connectivity index (χ3v) is 13.4. The second-order valence-electron chi connectivity index (χ2n) is 23.5. The summed E-state index contributed by atoms with van der Waals surface area (Å²) in [7, 11) is 0. The van der Waals surface area contributed by atoms with Crippen LogP contribution < -0.4 is 0 Å². The number of aromatic nitrogens is 3. The molecule has 6 aromatic carbocycles. The van der Waals surface area contributed by atoms with Crippen molar-refractivity contribution >= 4 is 22.2 Å². The van der Waals surface area contributed by atoms with E-state index in [0.29, 0.717) is 11.4 Å². The molecule has 1 N–H and O–H groups in total. The van der Waals surface area contributed by atoms with E-state index in [-0.39, 0.29) is 48.5 Å². The topological polar surface area (TPSA) is 77.2 Å². The first-order chi connectivity index (χ1) is 33.6. The largest absolute Gasteiger partial charge is 0.507 e. The molecule has 0 aliphatic carbocycles. The third kappa shape index (κ3) is 9.91. The summed E-state index contributed by atoms with van der Waals surface area (Å²) in [5, 5.41) is 12.7. The Kier molecular flexibility index (Phi) is 13.0. The average molecular weight is 1130 g/mol. The van der Waals surface area contributed by atoms with E-state index in [1.165, 1.54) is 0 Å². The molecule has 368 valence electrons. The molecule has 6 nitrogen and oxygen atoms in total. The molecule has 0 saturated carbocycles. The normalized spacial score (nSPS) is 12.4. The number of aromatic hydroxyl groups is 1. The van der Waals surface area contributed by atoms with Crippen molar-refractivity contribution in [1.29, 1.82) is 0 Å². The number of phenolic OH excluding ortho intramolecular Hbond substituents is 1. The Hall–Kier alpha value is -6.75. The van der Waals surface area contributed by atoms with Crippen molar-refractivity contribution in [2.75, 3.05) is 0 Å². The summed E-state index contributed by atoms with van der Waals surface area (Å²) < 4.78 is 15.1. The maximum absolute atomic E-state index is 12.7. The fourth-order valence-corrected chi connectivity index (χ4v) is 9.60. The zero-order chi connectivity index (χ0) is 50.2. The molecule has 0 atom stereocenters. The van der Waals surface area contributed by atoms with Crippen molar-refractivity contribution in [2.24, 2.45) is 5.41 Å². The quantitative estimate of drug-likeness (QED) is 0.153. The number of nitrogens with zero attached hydrogens (tertiary/aromatic N) is 3. The molecular formula is C65H64N3O3Pt-. The van der Waals surface area contributed by atoms with Crippen LogP contribution in [0.5, 0.6) is 5.75 Å². The van der Waals surface area contributed by atoms with Crippen molar-refractivity contribution in [2.45, 2.75) is 106 Å². The van der Waals surface area contributed by atoms with E-state index >= 15 is 0 Å². The predicted octanol–water partition coefficient (Wildman–Crippen LogP) is 17.7. The van der Waals surface area contributed by atoms with E-state index in [2.05, 4.69) is 215 Å². The number of furan rings is 2. The Morgan fingerprint density at radius 1 is 0.542 bits per heavy atom. The van der Waals surface area contributed by atoms with Crippen LogP contribution in [-0.2, 0) is 43.7 Å². The summed E-state index contributed by atoms with van der Waals surface area (Å²) in [6, 6.07) is 54.6. The summed E-state index contributed by atoms with van der Waals surface area (Å²) >= 11 is 0. The molecule has 0 aliphatic heterocycles. The number of hydrogen-bond acceptors (Lipinski definition) is 5. The molecule has 0 amide bonds. The Morgan fingerprint density at radius 2 is 1.19 bits per heavy atom.